The van der Waals surface area contributed by atoms with E-state index < -0.39 is 0 Å². The standard InChI is InChI=1S/C20H18FN3OS2/c1-3-23(16-8-6-14(21)7-9-16)12-15-11-18(25)24-19(17-5-4-10-26-17)13(2)27-20(24)22-15/h4-11H,3,12H2,1-2H3. The van der Waals surface area contributed by atoms with Gasteiger partial charge < -0.3 is 4.90 Å². The first-order chi connectivity index (χ1) is 13.1. The number of rotatable bonds is 5. The molecule has 0 radical (unpaired) electrons. The fraction of sp³-hybridized carbons (Fsp3) is 0.200. The van der Waals surface area contributed by atoms with Crippen molar-refractivity contribution in [1.29, 1.82) is 0 Å². The van der Waals surface area contributed by atoms with Gasteiger partial charge in [-0.05, 0) is 49.6 Å². The maximum Gasteiger partial charge on any atom is 0.259 e. The summed E-state index contributed by atoms with van der Waals surface area (Å²) in [5, 5.41) is 2.01. The minimum absolute atomic E-state index is 0.0714. The van der Waals surface area contributed by atoms with Crippen molar-refractivity contribution in [3.05, 3.63) is 74.6 Å². The van der Waals surface area contributed by atoms with Crippen molar-refractivity contribution in [3.8, 4) is 10.6 Å². The topological polar surface area (TPSA) is 37.6 Å². The average molecular weight is 400 g/mol. The highest BCUT2D eigenvalue weighted by molar-refractivity contribution is 7.18. The van der Waals surface area contributed by atoms with Crippen LogP contribution >= 0.6 is 22.7 Å². The van der Waals surface area contributed by atoms with Crippen molar-refractivity contribution in [2.45, 2.75) is 20.4 Å². The summed E-state index contributed by atoms with van der Waals surface area (Å²) in [6, 6.07) is 12.0. The number of hydrogen-bond acceptors (Lipinski definition) is 5. The van der Waals surface area contributed by atoms with Crippen LogP contribution in [0.4, 0.5) is 10.1 Å². The summed E-state index contributed by atoms with van der Waals surface area (Å²) in [4.78, 5) is 22.5. The molecule has 1 aromatic carbocycles. The molecule has 0 bridgehead atoms. The molecule has 4 aromatic rings. The van der Waals surface area contributed by atoms with Crippen LogP contribution in [-0.4, -0.2) is 15.9 Å². The number of hydrogen-bond donors (Lipinski definition) is 0. The number of thiazole rings is 1. The van der Waals surface area contributed by atoms with E-state index in [-0.39, 0.29) is 11.4 Å². The highest BCUT2D eigenvalue weighted by Crippen LogP contribution is 2.32. The zero-order chi connectivity index (χ0) is 19.0. The molecule has 0 aliphatic carbocycles. The Morgan fingerprint density at radius 1 is 1.22 bits per heavy atom. The molecule has 27 heavy (non-hydrogen) atoms. The maximum atomic E-state index is 13.2. The van der Waals surface area contributed by atoms with Crippen molar-refractivity contribution in [1.82, 2.24) is 9.38 Å². The molecule has 3 aromatic heterocycles. The number of anilines is 1. The summed E-state index contributed by atoms with van der Waals surface area (Å²) in [5.41, 5.74) is 2.48. The summed E-state index contributed by atoms with van der Waals surface area (Å²) < 4.78 is 14.9. The summed E-state index contributed by atoms with van der Waals surface area (Å²) >= 11 is 3.14. The lowest BCUT2D eigenvalue weighted by molar-refractivity contribution is 0.627. The lowest BCUT2D eigenvalue weighted by atomic mass is 10.2. The van der Waals surface area contributed by atoms with Crippen molar-refractivity contribution >= 4 is 33.3 Å². The Balaban J connectivity index is 1.73. The van der Waals surface area contributed by atoms with Crippen LogP contribution in [0.3, 0.4) is 0 Å². The summed E-state index contributed by atoms with van der Waals surface area (Å²) in [5.74, 6) is -0.261. The molecule has 4 nitrogen and oxygen atoms in total. The molecule has 7 heteroatoms. The smallest absolute Gasteiger partial charge is 0.259 e. The molecule has 0 saturated heterocycles. The normalized spacial score (nSPS) is 11.2. The quantitative estimate of drug-likeness (QED) is 0.476. The first-order valence-electron chi connectivity index (χ1n) is 8.63. The SMILES string of the molecule is CCN(Cc1cc(=O)n2c(-c3cccs3)c(C)sc2n1)c1ccc(F)cc1. The summed E-state index contributed by atoms with van der Waals surface area (Å²) in [7, 11) is 0. The van der Waals surface area contributed by atoms with Gasteiger partial charge in [0.25, 0.3) is 5.56 Å². The number of thiophene rings is 1. The Morgan fingerprint density at radius 2 is 2.00 bits per heavy atom. The fourth-order valence-electron chi connectivity index (χ4n) is 3.13. The molecule has 0 aliphatic heterocycles. The zero-order valence-electron chi connectivity index (χ0n) is 15.0. The van der Waals surface area contributed by atoms with Crippen molar-refractivity contribution in [2.75, 3.05) is 11.4 Å². The molecule has 0 aliphatic rings. The van der Waals surface area contributed by atoms with Crippen LogP contribution in [0.25, 0.3) is 15.5 Å². The van der Waals surface area contributed by atoms with Gasteiger partial charge >= 0.3 is 0 Å². The van der Waals surface area contributed by atoms with E-state index in [1.807, 2.05) is 31.4 Å². The van der Waals surface area contributed by atoms with Gasteiger partial charge in [0.05, 0.1) is 22.8 Å². The van der Waals surface area contributed by atoms with Gasteiger partial charge in [-0.3, -0.25) is 4.79 Å². The van der Waals surface area contributed by atoms with Crippen LogP contribution in [0.1, 0.15) is 17.5 Å². The van der Waals surface area contributed by atoms with E-state index in [1.54, 1.807) is 33.9 Å². The molecule has 138 valence electrons. The Kier molecular flexibility index (Phi) is 4.80. The van der Waals surface area contributed by atoms with Crippen LogP contribution in [0.2, 0.25) is 0 Å². The largest absolute Gasteiger partial charge is 0.366 e. The lowest BCUT2D eigenvalue weighted by Gasteiger charge is -2.22. The minimum atomic E-state index is -0.261. The number of fused-ring (bicyclic) bond motifs is 1. The van der Waals surface area contributed by atoms with Crippen LogP contribution < -0.4 is 10.5 Å². The molecule has 0 spiro atoms. The third kappa shape index (κ3) is 3.40. The predicted octanol–water partition coefficient (Wildman–Crippen LogP) is 4.96. The Hall–Kier alpha value is -2.51. The van der Waals surface area contributed by atoms with E-state index in [4.69, 9.17) is 4.98 Å². The summed E-state index contributed by atoms with van der Waals surface area (Å²) in [6.07, 6.45) is 0. The summed E-state index contributed by atoms with van der Waals surface area (Å²) in [6.45, 7) is 5.28. The number of nitrogens with zero attached hydrogens (tertiary/aromatic N) is 3. The van der Waals surface area contributed by atoms with E-state index in [1.165, 1.54) is 23.5 Å². The fourth-order valence-corrected chi connectivity index (χ4v) is 5.02. The van der Waals surface area contributed by atoms with Crippen LogP contribution in [-0.2, 0) is 6.54 Å². The third-order valence-electron chi connectivity index (χ3n) is 4.42. The van der Waals surface area contributed by atoms with Crippen LogP contribution in [0.15, 0.2) is 52.6 Å². The monoisotopic (exact) mass is 399 g/mol. The van der Waals surface area contributed by atoms with Gasteiger partial charge in [0.2, 0.25) is 0 Å². The molecule has 0 saturated carbocycles. The zero-order valence-corrected chi connectivity index (χ0v) is 16.6. The van der Waals surface area contributed by atoms with Crippen molar-refractivity contribution < 1.29 is 4.39 Å². The van der Waals surface area contributed by atoms with Crippen molar-refractivity contribution in [3.63, 3.8) is 0 Å². The molecular formula is C20H18FN3OS2. The Labute approximate surface area is 164 Å². The van der Waals surface area contributed by atoms with Gasteiger partial charge in [-0.1, -0.05) is 6.07 Å². The van der Waals surface area contributed by atoms with Crippen molar-refractivity contribution in [2.24, 2.45) is 0 Å². The predicted molar refractivity (Wildman–Crippen MR) is 111 cm³/mol. The molecule has 0 unspecified atom stereocenters. The van der Waals surface area contributed by atoms with E-state index in [0.29, 0.717) is 17.2 Å². The van der Waals surface area contributed by atoms with Gasteiger partial charge in [0.1, 0.15) is 5.82 Å². The number of aryl methyl sites for hydroxylation is 1. The van der Waals surface area contributed by atoms with E-state index in [0.717, 1.165) is 27.7 Å². The van der Waals surface area contributed by atoms with Gasteiger partial charge in [-0.2, -0.15) is 0 Å². The second-order valence-electron chi connectivity index (χ2n) is 6.18. The molecule has 0 fully saturated rings. The first-order valence-corrected chi connectivity index (χ1v) is 10.3. The molecule has 0 atom stereocenters. The number of aromatic nitrogens is 2. The van der Waals surface area contributed by atoms with Gasteiger partial charge in [0.15, 0.2) is 4.96 Å². The number of halogens is 1. The van der Waals surface area contributed by atoms with Gasteiger partial charge in [0, 0.05) is 23.2 Å². The molecule has 3 heterocycles. The van der Waals surface area contributed by atoms with E-state index >= 15 is 0 Å². The van der Waals surface area contributed by atoms with E-state index in [9.17, 15) is 9.18 Å². The second kappa shape index (κ2) is 7.25. The van der Waals surface area contributed by atoms with Crippen LogP contribution in [0.5, 0.6) is 0 Å². The highest BCUT2D eigenvalue weighted by atomic mass is 32.1. The molecular weight excluding hydrogens is 381 g/mol. The van der Waals surface area contributed by atoms with Gasteiger partial charge in [-0.25, -0.2) is 13.8 Å². The molecule has 0 amide bonds. The Morgan fingerprint density at radius 3 is 2.67 bits per heavy atom. The van der Waals surface area contributed by atoms with Gasteiger partial charge in [-0.15, -0.1) is 22.7 Å². The Bertz CT molecular complexity index is 1130. The lowest BCUT2D eigenvalue weighted by Crippen LogP contribution is -2.24. The first kappa shape index (κ1) is 17.9. The molecule has 4 rings (SSSR count). The third-order valence-corrected chi connectivity index (χ3v) is 6.26. The second-order valence-corrected chi connectivity index (χ2v) is 8.31. The minimum Gasteiger partial charge on any atom is -0.366 e. The van der Waals surface area contributed by atoms with E-state index in [2.05, 4.69) is 4.90 Å². The molecule has 0 N–H and O–H groups in total. The van der Waals surface area contributed by atoms with Crippen LogP contribution in [0, 0.1) is 12.7 Å². The average Bonchev–Trinajstić information content (AvgIpc) is 3.27. The maximum absolute atomic E-state index is 13.2. The highest BCUT2D eigenvalue weighted by Gasteiger charge is 2.16. The number of benzene rings is 1.